The molecule has 0 saturated carbocycles. The van der Waals surface area contributed by atoms with Crippen molar-refractivity contribution in [3.8, 4) is 0 Å². The Bertz CT molecular complexity index is 678. The van der Waals surface area contributed by atoms with Crippen molar-refractivity contribution in [3.05, 3.63) is 40.8 Å². The average molecular weight is 385 g/mol. The van der Waals surface area contributed by atoms with Crippen molar-refractivity contribution in [1.29, 1.82) is 0 Å². The van der Waals surface area contributed by atoms with Gasteiger partial charge in [-0.05, 0) is 31.0 Å². The largest absolute Gasteiger partial charge is 0.368 e. The van der Waals surface area contributed by atoms with E-state index in [-0.39, 0.29) is 24.8 Å². The highest BCUT2D eigenvalue weighted by Gasteiger charge is 2.18. The van der Waals surface area contributed by atoms with Crippen LogP contribution >= 0.6 is 24.8 Å². The summed E-state index contributed by atoms with van der Waals surface area (Å²) in [5.74, 6) is 1.28. The molecule has 1 aliphatic heterocycles. The number of pyridine rings is 1. The Morgan fingerprint density at radius 1 is 1.16 bits per heavy atom. The van der Waals surface area contributed by atoms with Crippen LogP contribution in [0, 0.1) is 0 Å². The third-order valence-electron chi connectivity index (χ3n) is 4.23. The molecule has 0 radical (unpaired) electrons. The van der Waals surface area contributed by atoms with E-state index in [1.807, 2.05) is 13.2 Å². The van der Waals surface area contributed by atoms with Crippen molar-refractivity contribution < 1.29 is 0 Å². The number of halogens is 2. The summed E-state index contributed by atoms with van der Waals surface area (Å²) in [5.41, 5.74) is 10.5. The zero-order chi connectivity index (χ0) is 16.2. The van der Waals surface area contributed by atoms with Crippen molar-refractivity contribution >= 4 is 36.6 Å². The Kier molecular flexibility index (Phi) is 8.35. The first kappa shape index (κ1) is 21.4. The average Bonchev–Trinajstić information content (AvgIpc) is 2.80. The highest BCUT2D eigenvalue weighted by atomic mass is 35.5. The normalized spacial score (nSPS) is 13.0. The number of anilines is 2. The summed E-state index contributed by atoms with van der Waals surface area (Å²) in [6, 6.07) is 4.22. The Balaban J connectivity index is 0.00000156. The lowest BCUT2D eigenvalue weighted by molar-refractivity contribution is 0.708. The summed E-state index contributed by atoms with van der Waals surface area (Å²) >= 11 is 0. The molecule has 0 aromatic carbocycles. The van der Waals surface area contributed by atoms with E-state index in [4.69, 9.17) is 5.73 Å². The van der Waals surface area contributed by atoms with Crippen LogP contribution in [0.1, 0.15) is 29.4 Å². The van der Waals surface area contributed by atoms with Crippen molar-refractivity contribution in [2.24, 2.45) is 0 Å². The highest BCUT2D eigenvalue weighted by molar-refractivity contribution is 5.85. The van der Waals surface area contributed by atoms with Gasteiger partial charge in [0, 0.05) is 31.8 Å². The maximum absolute atomic E-state index is 5.92. The molecule has 0 bridgehead atoms. The molecular formula is C17H26Cl2N6. The van der Waals surface area contributed by atoms with Gasteiger partial charge in [-0.3, -0.25) is 4.98 Å². The topological polar surface area (TPSA) is 80.0 Å². The van der Waals surface area contributed by atoms with Crippen LogP contribution in [0.5, 0.6) is 0 Å². The van der Waals surface area contributed by atoms with Gasteiger partial charge in [-0.2, -0.15) is 4.98 Å². The molecule has 25 heavy (non-hydrogen) atoms. The lowest BCUT2D eigenvalue weighted by atomic mass is 10.1. The molecule has 138 valence electrons. The molecule has 0 amide bonds. The van der Waals surface area contributed by atoms with Crippen LogP contribution in [0.25, 0.3) is 0 Å². The molecule has 3 N–H and O–H groups in total. The second-order valence-electron chi connectivity index (χ2n) is 5.95. The number of rotatable bonds is 4. The number of hydrogen-bond donors (Lipinski definition) is 2. The van der Waals surface area contributed by atoms with Gasteiger partial charge in [0.05, 0.1) is 17.9 Å². The van der Waals surface area contributed by atoms with Gasteiger partial charge in [0.1, 0.15) is 5.82 Å². The molecule has 0 unspecified atom stereocenters. The molecule has 3 rings (SSSR count). The molecule has 0 saturated heterocycles. The van der Waals surface area contributed by atoms with Crippen LogP contribution in [0.3, 0.4) is 0 Å². The van der Waals surface area contributed by atoms with Crippen LogP contribution in [-0.4, -0.2) is 35.1 Å². The van der Waals surface area contributed by atoms with Crippen molar-refractivity contribution in [2.45, 2.75) is 32.7 Å². The molecule has 6 nitrogen and oxygen atoms in total. The molecule has 8 heteroatoms. The Morgan fingerprint density at radius 3 is 2.60 bits per heavy atom. The van der Waals surface area contributed by atoms with E-state index in [0.717, 1.165) is 49.6 Å². The Labute approximate surface area is 161 Å². The summed E-state index contributed by atoms with van der Waals surface area (Å²) in [6.45, 7) is 4.73. The maximum Gasteiger partial charge on any atom is 0.222 e. The Hall–Kier alpha value is -1.63. The van der Waals surface area contributed by atoms with Gasteiger partial charge in [0.15, 0.2) is 0 Å². The van der Waals surface area contributed by atoms with Gasteiger partial charge in [0.2, 0.25) is 5.95 Å². The smallest absolute Gasteiger partial charge is 0.222 e. The van der Waals surface area contributed by atoms with E-state index in [1.54, 1.807) is 0 Å². The van der Waals surface area contributed by atoms with Gasteiger partial charge in [-0.1, -0.05) is 13.0 Å². The SMILES string of the molecule is CCc1ccc(CN(C)c2nc(N)nc3c2CCNCC3)nc1.Cl.Cl. The van der Waals surface area contributed by atoms with E-state index in [0.29, 0.717) is 12.5 Å². The number of nitrogens with two attached hydrogens (primary N) is 1. The molecular weight excluding hydrogens is 359 g/mol. The van der Waals surface area contributed by atoms with Crippen molar-refractivity contribution in [1.82, 2.24) is 20.3 Å². The van der Waals surface area contributed by atoms with E-state index in [9.17, 15) is 0 Å². The molecule has 2 aromatic heterocycles. The first-order valence-corrected chi connectivity index (χ1v) is 8.18. The number of nitrogen functional groups attached to an aromatic ring is 1. The minimum Gasteiger partial charge on any atom is -0.368 e. The number of fused-ring (bicyclic) bond motifs is 1. The monoisotopic (exact) mass is 384 g/mol. The number of aryl methyl sites for hydroxylation is 1. The van der Waals surface area contributed by atoms with Crippen molar-refractivity contribution in [2.75, 3.05) is 30.8 Å². The zero-order valence-corrected chi connectivity index (χ0v) is 16.3. The first-order valence-electron chi connectivity index (χ1n) is 8.18. The molecule has 0 atom stereocenters. The molecule has 0 aliphatic carbocycles. The molecule has 0 spiro atoms. The number of hydrogen-bond acceptors (Lipinski definition) is 6. The summed E-state index contributed by atoms with van der Waals surface area (Å²) in [6.07, 6.45) is 4.78. The minimum atomic E-state index is 0. The predicted molar refractivity (Wildman–Crippen MR) is 107 cm³/mol. The molecule has 2 aromatic rings. The van der Waals surface area contributed by atoms with Crippen LogP contribution in [0.15, 0.2) is 18.3 Å². The number of nitrogens with one attached hydrogen (secondary N) is 1. The molecule has 3 heterocycles. The quantitative estimate of drug-likeness (QED) is 0.840. The van der Waals surface area contributed by atoms with E-state index >= 15 is 0 Å². The summed E-state index contributed by atoms with van der Waals surface area (Å²) in [7, 11) is 2.04. The molecule has 1 aliphatic rings. The van der Waals surface area contributed by atoms with Crippen LogP contribution < -0.4 is 16.0 Å². The van der Waals surface area contributed by atoms with Gasteiger partial charge in [-0.25, -0.2) is 4.98 Å². The lowest BCUT2D eigenvalue weighted by Gasteiger charge is -2.22. The standard InChI is InChI=1S/C17H24N6.2ClH/c1-3-12-4-5-13(20-10-12)11-23(2)16-14-6-8-19-9-7-15(14)21-17(18)22-16;;/h4-5,10,19H,3,6-9,11H2,1-2H3,(H2,18,21,22);2*1H. The summed E-state index contributed by atoms with van der Waals surface area (Å²) < 4.78 is 0. The highest BCUT2D eigenvalue weighted by Crippen LogP contribution is 2.24. The minimum absolute atomic E-state index is 0. The third-order valence-corrected chi connectivity index (χ3v) is 4.23. The van der Waals surface area contributed by atoms with Gasteiger partial charge < -0.3 is 16.0 Å². The predicted octanol–water partition coefficient (Wildman–Crippen LogP) is 2.18. The maximum atomic E-state index is 5.92. The number of aromatic nitrogens is 3. The first-order chi connectivity index (χ1) is 11.2. The summed E-state index contributed by atoms with van der Waals surface area (Å²) in [5, 5.41) is 3.40. The lowest BCUT2D eigenvalue weighted by Crippen LogP contribution is -2.22. The fourth-order valence-electron chi connectivity index (χ4n) is 2.94. The summed E-state index contributed by atoms with van der Waals surface area (Å²) in [4.78, 5) is 15.6. The van der Waals surface area contributed by atoms with Gasteiger partial charge in [0.25, 0.3) is 0 Å². The van der Waals surface area contributed by atoms with E-state index < -0.39 is 0 Å². The second kappa shape index (κ2) is 9.75. The van der Waals surface area contributed by atoms with Gasteiger partial charge in [-0.15, -0.1) is 24.8 Å². The van der Waals surface area contributed by atoms with Crippen LogP contribution in [0.2, 0.25) is 0 Å². The second-order valence-corrected chi connectivity index (χ2v) is 5.95. The Morgan fingerprint density at radius 2 is 1.92 bits per heavy atom. The van der Waals surface area contributed by atoms with Crippen LogP contribution in [0.4, 0.5) is 11.8 Å². The zero-order valence-electron chi connectivity index (χ0n) is 14.7. The van der Waals surface area contributed by atoms with E-state index in [1.165, 1.54) is 11.1 Å². The fourth-order valence-corrected chi connectivity index (χ4v) is 2.94. The van der Waals surface area contributed by atoms with E-state index in [2.05, 4.69) is 44.2 Å². The van der Waals surface area contributed by atoms with Crippen LogP contribution in [-0.2, 0) is 25.8 Å². The van der Waals surface area contributed by atoms with Crippen molar-refractivity contribution in [3.63, 3.8) is 0 Å². The van der Waals surface area contributed by atoms with Gasteiger partial charge >= 0.3 is 0 Å². The fraction of sp³-hybridized carbons (Fsp3) is 0.471. The number of nitrogens with zero attached hydrogens (tertiary/aromatic N) is 4. The molecule has 0 fully saturated rings. The third kappa shape index (κ3) is 5.17.